The van der Waals surface area contributed by atoms with Crippen LogP contribution in [0.3, 0.4) is 0 Å². The molecule has 1 unspecified atom stereocenters. The lowest BCUT2D eigenvalue weighted by Gasteiger charge is -2.37. The monoisotopic (exact) mass is 224 g/mol. The lowest BCUT2D eigenvalue weighted by atomic mass is 9.87. The smallest absolute Gasteiger partial charge is 0.125 e. The van der Waals surface area contributed by atoms with E-state index in [2.05, 4.69) is 27.7 Å². The summed E-state index contributed by atoms with van der Waals surface area (Å²) in [7, 11) is 1.95. The van der Waals surface area contributed by atoms with Crippen molar-refractivity contribution in [1.29, 1.82) is 0 Å². The van der Waals surface area contributed by atoms with E-state index in [-0.39, 0.29) is 17.3 Å². The fraction of sp³-hybridized carbons (Fsp3) is 0.538. The summed E-state index contributed by atoms with van der Waals surface area (Å²) in [6.45, 7) is 8.58. The van der Waals surface area contributed by atoms with Crippen molar-refractivity contribution in [2.24, 2.45) is 5.41 Å². The van der Waals surface area contributed by atoms with Gasteiger partial charge in [0.1, 0.15) is 5.82 Å². The van der Waals surface area contributed by atoms with Gasteiger partial charge in [0.05, 0.1) is 11.4 Å². The number of benzene rings is 1. The summed E-state index contributed by atoms with van der Waals surface area (Å²) in [4.78, 5) is 2.03. The zero-order valence-corrected chi connectivity index (χ0v) is 10.7. The molecular weight excluding hydrogens is 203 g/mol. The third-order valence-corrected chi connectivity index (χ3v) is 3.21. The highest BCUT2D eigenvalue weighted by molar-refractivity contribution is 5.67. The molecule has 0 radical (unpaired) electrons. The Morgan fingerprint density at radius 3 is 2.38 bits per heavy atom. The predicted molar refractivity (Wildman–Crippen MR) is 68.1 cm³/mol. The van der Waals surface area contributed by atoms with Gasteiger partial charge in [0.25, 0.3) is 0 Å². The third kappa shape index (κ3) is 2.65. The van der Waals surface area contributed by atoms with Crippen LogP contribution in [0, 0.1) is 11.2 Å². The Balaban J connectivity index is 3.05. The molecule has 3 heteroatoms. The van der Waals surface area contributed by atoms with Crippen molar-refractivity contribution in [3.8, 4) is 0 Å². The summed E-state index contributed by atoms with van der Waals surface area (Å²) >= 11 is 0. The molecule has 0 spiro atoms. The molecule has 2 N–H and O–H groups in total. The maximum atomic E-state index is 13.2. The molecule has 1 atom stereocenters. The molecule has 2 nitrogen and oxygen atoms in total. The third-order valence-electron chi connectivity index (χ3n) is 3.21. The number of anilines is 2. The first-order valence-corrected chi connectivity index (χ1v) is 5.51. The molecule has 0 aliphatic carbocycles. The molecule has 0 aromatic heterocycles. The quantitative estimate of drug-likeness (QED) is 0.781. The summed E-state index contributed by atoms with van der Waals surface area (Å²) in [5, 5.41) is 0. The Morgan fingerprint density at radius 2 is 1.88 bits per heavy atom. The highest BCUT2D eigenvalue weighted by Crippen LogP contribution is 2.31. The fourth-order valence-corrected chi connectivity index (χ4v) is 1.61. The lowest BCUT2D eigenvalue weighted by molar-refractivity contribution is 0.330. The van der Waals surface area contributed by atoms with Gasteiger partial charge in [-0.1, -0.05) is 20.8 Å². The van der Waals surface area contributed by atoms with E-state index in [1.54, 1.807) is 6.07 Å². The van der Waals surface area contributed by atoms with Gasteiger partial charge < -0.3 is 10.6 Å². The molecule has 90 valence electrons. The van der Waals surface area contributed by atoms with Crippen LogP contribution < -0.4 is 10.6 Å². The minimum absolute atomic E-state index is 0.119. The molecule has 0 saturated carbocycles. The topological polar surface area (TPSA) is 29.3 Å². The maximum Gasteiger partial charge on any atom is 0.125 e. The van der Waals surface area contributed by atoms with Crippen LogP contribution >= 0.6 is 0 Å². The van der Waals surface area contributed by atoms with Crippen molar-refractivity contribution < 1.29 is 4.39 Å². The Bertz CT molecular complexity index is 369. The van der Waals surface area contributed by atoms with Crippen LogP contribution in [0.2, 0.25) is 0 Å². The van der Waals surface area contributed by atoms with E-state index in [1.165, 1.54) is 12.1 Å². The fourth-order valence-electron chi connectivity index (χ4n) is 1.61. The molecule has 0 aliphatic heterocycles. The highest BCUT2D eigenvalue weighted by Gasteiger charge is 2.25. The van der Waals surface area contributed by atoms with Crippen LogP contribution in [0.15, 0.2) is 18.2 Å². The van der Waals surface area contributed by atoms with Crippen molar-refractivity contribution >= 4 is 11.4 Å². The summed E-state index contributed by atoms with van der Waals surface area (Å²) in [6, 6.07) is 4.75. The number of halogens is 1. The number of hydrogen-bond donors (Lipinski definition) is 1. The van der Waals surface area contributed by atoms with E-state index in [1.807, 2.05) is 11.9 Å². The maximum absolute atomic E-state index is 13.2. The zero-order chi connectivity index (χ0) is 12.5. The first-order chi connectivity index (χ1) is 7.23. The van der Waals surface area contributed by atoms with E-state index >= 15 is 0 Å². The molecule has 0 aliphatic rings. The van der Waals surface area contributed by atoms with Crippen LogP contribution in [-0.2, 0) is 0 Å². The van der Waals surface area contributed by atoms with Crippen molar-refractivity contribution in [1.82, 2.24) is 0 Å². The lowest BCUT2D eigenvalue weighted by Crippen LogP contribution is -2.39. The van der Waals surface area contributed by atoms with Crippen LogP contribution in [0.25, 0.3) is 0 Å². The molecule has 0 amide bonds. The molecule has 0 heterocycles. The molecule has 16 heavy (non-hydrogen) atoms. The first-order valence-electron chi connectivity index (χ1n) is 5.51. The first kappa shape index (κ1) is 12.8. The van der Waals surface area contributed by atoms with E-state index in [4.69, 9.17) is 5.73 Å². The van der Waals surface area contributed by atoms with Gasteiger partial charge in [-0.15, -0.1) is 0 Å². The van der Waals surface area contributed by atoms with Crippen molar-refractivity contribution in [2.75, 3.05) is 17.7 Å². The van der Waals surface area contributed by atoms with Crippen molar-refractivity contribution in [2.45, 2.75) is 33.7 Å². The van der Waals surface area contributed by atoms with E-state index in [0.717, 1.165) is 5.69 Å². The summed E-state index contributed by atoms with van der Waals surface area (Å²) in [5.41, 5.74) is 7.35. The van der Waals surface area contributed by atoms with Gasteiger partial charge in [-0.3, -0.25) is 0 Å². The number of nitrogens with two attached hydrogens (primary N) is 1. The summed E-state index contributed by atoms with van der Waals surface area (Å²) in [5.74, 6) is -0.253. The molecule has 1 aromatic carbocycles. The van der Waals surface area contributed by atoms with E-state index in [9.17, 15) is 4.39 Å². The summed E-state index contributed by atoms with van der Waals surface area (Å²) in [6.07, 6.45) is 0. The normalized spacial score (nSPS) is 13.6. The minimum Gasteiger partial charge on any atom is -0.397 e. The van der Waals surface area contributed by atoms with Gasteiger partial charge in [-0.2, -0.15) is 0 Å². The largest absolute Gasteiger partial charge is 0.397 e. The Hall–Kier alpha value is -1.25. The van der Waals surface area contributed by atoms with Gasteiger partial charge in [0.15, 0.2) is 0 Å². The van der Waals surface area contributed by atoms with Crippen LogP contribution in [0.4, 0.5) is 15.8 Å². The Kier molecular flexibility index (Phi) is 3.46. The molecule has 1 rings (SSSR count). The zero-order valence-electron chi connectivity index (χ0n) is 10.7. The number of rotatable bonds is 2. The number of nitrogens with zero attached hydrogens (tertiary/aromatic N) is 1. The Labute approximate surface area is 97.3 Å². The van der Waals surface area contributed by atoms with Gasteiger partial charge in [-0.25, -0.2) is 4.39 Å². The SMILES string of the molecule is CC(N(C)c1cc(F)ccc1N)C(C)(C)C. The van der Waals surface area contributed by atoms with E-state index < -0.39 is 0 Å². The molecular formula is C13H21FN2. The predicted octanol–water partition coefficient (Wildman–Crippen LogP) is 3.28. The van der Waals surface area contributed by atoms with Gasteiger partial charge in [0.2, 0.25) is 0 Å². The number of hydrogen-bond acceptors (Lipinski definition) is 2. The minimum atomic E-state index is -0.253. The molecule has 0 fully saturated rings. The van der Waals surface area contributed by atoms with Gasteiger partial charge >= 0.3 is 0 Å². The standard InChI is InChI=1S/C13H21FN2/c1-9(13(2,3)4)16(5)12-8-10(14)6-7-11(12)15/h6-9H,15H2,1-5H3. The van der Waals surface area contributed by atoms with Crippen molar-refractivity contribution in [3.05, 3.63) is 24.0 Å². The van der Waals surface area contributed by atoms with Crippen LogP contribution in [-0.4, -0.2) is 13.1 Å². The average molecular weight is 224 g/mol. The number of nitrogen functional groups attached to an aromatic ring is 1. The van der Waals surface area contributed by atoms with Crippen molar-refractivity contribution in [3.63, 3.8) is 0 Å². The Morgan fingerprint density at radius 1 is 1.31 bits per heavy atom. The summed E-state index contributed by atoms with van der Waals surface area (Å²) < 4.78 is 13.2. The van der Waals surface area contributed by atoms with Crippen LogP contribution in [0.1, 0.15) is 27.7 Å². The second kappa shape index (κ2) is 4.32. The molecule has 1 aromatic rings. The van der Waals surface area contributed by atoms with Gasteiger partial charge in [-0.05, 0) is 30.5 Å². The molecule has 0 bridgehead atoms. The second-order valence-electron chi connectivity index (χ2n) is 5.36. The molecule has 0 saturated heterocycles. The van der Waals surface area contributed by atoms with Crippen LogP contribution in [0.5, 0.6) is 0 Å². The second-order valence-corrected chi connectivity index (χ2v) is 5.36. The van der Waals surface area contributed by atoms with E-state index in [0.29, 0.717) is 5.69 Å². The highest BCUT2D eigenvalue weighted by atomic mass is 19.1. The average Bonchev–Trinajstić information content (AvgIpc) is 2.18. The van der Waals surface area contributed by atoms with Gasteiger partial charge in [0, 0.05) is 13.1 Å².